The molecule has 2 aromatic rings. The lowest BCUT2D eigenvalue weighted by molar-refractivity contribution is 0.315. The van der Waals surface area contributed by atoms with E-state index in [4.69, 9.17) is 11.6 Å². The van der Waals surface area contributed by atoms with Gasteiger partial charge in [0.2, 0.25) is 5.95 Å². The molecule has 0 aliphatic carbocycles. The van der Waals surface area contributed by atoms with Crippen molar-refractivity contribution in [1.29, 1.82) is 0 Å². The monoisotopic (exact) mass is 266 g/mol. The van der Waals surface area contributed by atoms with Crippen molar-refractivity contribution in [2.75, 3.05) is 32.1 Å². The minimum Gasteiger partial charge on any atom is -0.341 e. The lowest BCUT2D eigenvalue weighted by Crippen LogP contribution is -2.31. The Morgan fingerprint density at radius 2 is 2.28 bits per heavy atom. The van der Waals surface area contributed by atoms with Crippen LogP contribution in [0, 0.1) is 0 Å². The van der Waals surface area contributed by atoms with Crippen LogP contribution in [0.1, 0.15) is 6.42 Å². The fourth-order valence-electron chi connectivity index (χ4n) is 2.29. The largest absolute Gasteiger partial charge is 0.341 e. The Morgan fingerprint density at radius 1 is 1.44 bits per heavy atom. The van der Waals surface area contributed by atoms with E-state index in [1.54, 1.807) is 0 Å². The number of H-pyrrole nitrogens is 1. The molecular formula is C11H15ClN6. The number of aromatic amines is 1. The van der Waals surface area contributed by atoms with Gasteiger partial charge in [-0.2, -0.15) is 4.98 Å². The van der Waals surface area contributed by atoms with Crippen molar-refractivity contribution in [2.45, 2.75) is 12.5 Å². The van der Waals surface area contributed by atoms with Crippen molar-refractivity contribution >= 4 is 28.7 Å². The third-order valence-electron chi connectivity index (χ3n) is 3.42. The zero-order chi connectivity index (χ0) is 12.7. The van der Waals surface area contributed by atoms with Crippen LogP contribution in [0.4, 0.5) is 5.95 Å². The molecule has 0 amide bonds. The van der Waals surface area contributed by atoms with Gasteiger partial charge in [0.25, 0.3) is 0 Å². The summed E-state index contributed by atoms with van der Waals surface area (Å²) in [5.74, 6) is 0.830. The lowest BCUT2D eigenvalue weighted by Gasteiger charge is -2.19. The summed E-state index contributed by atoms with van der Waals surface area (Å²) in [5.41, 5.74) is 1.33. The van der Waals surface area contributed by atoms with E-state index in [-0.39, 0.29) is 0 Å². The molecule has 18 heavy (non-hydrogen) atoms. The van der Waals surface area contributed by atoms with E-state index in [9.17, 15) is 0 Å². The number of anilines is 1. The highest BCUT2D eigenvalue weighted by molar-refractivity contribution is 6.33. The normalized spacial score (nSPS) is 20.2. The second-order valence-corrected chi connectivity index (χ2v) is 5.13. The van der Waals surface area contributed by atoms with Gasteiger partial charge in [-0.3, -0.25) is 0 Å². The smallest absolute Gasteiger partial charge is 0.205 e. The highest BCUT2D eigenvalue weighted by atomic mass is 35.5. The summed E-state index contributed by atoms with van der Waals surface area (Å²) in [7, 11) is 4.21. The van der Waals surface area contributed by atoms with Gasteiger partial charge in [-0.05, 0) is 20.5 Å². The van der Waals surface area contributed by atoms with Crippen molar-refractivity contribution in [3.8, 4) is 0 Å². The van der Waals surface area contributed by atoms with Gasteiger partial charge in [0.05, 0.1) is 0 Å². The van der Waals surface area contributed by atoms with Gasteiger partial charge < -0.3 is 14.8 Å². The first kappa shape index (κ1) is 11.7. The first-order chi connectivity index (χ1) is 8.65. The van der Waals surface area contributed by atoms with Crippen LogP contribution in [-0.2, 0) is 0 Å². The number of fused-ring (bicyclic) bond motifs is 1. The minimum absolute atomic E-state index is 0.419. The van der Waals surface area contributed by atoms with E-state index in [2.05, 4.69) is 43.8 Å². The van der Waals surface area contributed by atoms with Crippen LogP contribution in [0.25, 0.3) is 11.2 Å². The van der Waals surface area contributed by atoms with E-state index < -0.39 is 0 Å². The fraction of sp³-hybridized carbons (Fsp3) is 0.545. The van der Waals surface area contributed by atoms with Gasteiger partial charge in [0, 0.05) is 19.1 Å². The van der Waals surface area contributed by atoms with E-state index >= 15 is 0 Å². The number of imidazole rings is 1. The van der Waals surface area contributed by atoms with E-state index in [1.165, 1.54) is 6.33 Å². The predicted molar refractivity (Wildman–Crippen MR) is 71.0 cm³/mol. The molecule has 0 aromatic carbocycles. The molecular weight excluding hydrogens is 252 g/mol. The molecule has 1 unspecified atom stereocenters. The second kappa shape index (κ2) is 4.37. The Bertz CT molecular complexity index is 566. The molecule has 1 atom stereocenters. The molecule has 0 bridgehead atoms. The maximum Gasteiger partial charge on any atom is 0.205 e. The molecule has 3 heterocycles. The summed E-state index contributed by atoms with van der Waals surface area (Å²) >= 11 is 6.01. The number of nitrogens with one attached hydrogen (secondary N) is 1. The molecule has 0 spiro atoms. The summed E-state index contributed by atoms with van der Waals surface area (Å²) in [5, 5.41) is 0.419. The van der Waals surface area contributed by atoms with Crippen LogP contribution in [-0.4, -0.2) is 58.1 Å². The third kappa shape index (κ3) is 1.91. The summed E-state index contributed by atoms with van der Waals surface area (Å²) in [6.45, 7) is 1.96. The van der Waals surface area contributed by atoms with Gasteiger partial charge in [-0.1, -0.05) is 11.6 Å². The van der Waals surface area contributed by atoms with Gasteiger partial charge in [0.15, 0.2) is 10.8 Å². The lowest BCUT2D eigenvalue weighted by atomic mass is 10.2. The van der Waals surface area contributed by atoms with Crippen LogP contribution in [0.2, 0.25) is 5.15 Å². The van der Waals surface area contributed by atoms with Crippen molar-refractivity contribution in [2.24, 2.45) is 0 Å². The summed E-state index contributed by atoms with van der Waals surface area (Å²) in [4.78, 5) is 20.2. The SMILES string of the molecule is CN(C)C1CCN(c2nc3ncnc(Cl)c3[nH]2)C1. The zero-order valence-corrected chi connectivity index (χ0v) is 11.1. The summed E-state index contributed by atoms with van der Waals surface area (Å²) < 4.78 is 0. The molecule has 0 radical (unpaired) electrons. The Hall–Kier alpha value is -1.40. The summed E-state index contributed by atoms with van der Waals surface area (Å²) in [6, 6.07) is 0.569. The highest BCUT2D eigenvalue weighted by Crippen LogP contribution is 2.24. The molecule has 2 aromatic heterocycles. The quantitative estimate of drug-likeness (QED) is 0.826. The molecule has 1 fully saturated rings. The van der Waals surface area contributed by atoms with Gasteiger partial charge >= 0.3 is 0 Å². The number of rotatable bonds is 2. The molecule has 3 rings (SSSR count). The van der Waals surface area contributed by atoms with Crippen molar-refractivity contribution in [3.63, 3.8) is 0 Å². The summed E-state index contributed by atoms with van der Waals surface area (Å²) in [6.07, 6.45) is 2.57. The first-order valence-electron chi connectivity index (χ1n) is 5.92. The molecule has 6 nitrogen and oxygen atoms in total. The number of hydrogen-bond donors (Lipinski definition) is 1. The highest BCUT2D eigenvalue weighted by Gasteiger charge is 2.26. The Balaban J connectivity index is 1.89. The number of hydrogen-bond acceptors (Lipinski definition) is 5. The zero-order valence-electron chi connectivity index (χ0n) is 10.4. The van der Waals surface area contributed by atoms with Gasteiger partial charge in [0.1, 0.15) is 11.8 Å². The van der Waals surface area contributed by atoms with Crippen molar-refractivity contribution in [1.82, 2.24) is 24.8 Å². The molecule has 0 saturated carbocycles. The van der Waals surface area contributed by atoms with E-state index in [1.807, 2.05) is 0 Å². The Morgan fingerprint density at radius 3 is 2.94 bits per heavy atom. The first-order valence-corrected chi connectivity index (χ1v) is 6.30. The van der Waals surface area contributed by atoms with Crippen LogP contribution < -0.4 is 4.90 Å². The minimum atomic E-state index is 0.419. The number of likely N-dealkylation sites (N-methyl/N-ethyl adjacent to an activating group) is 1. The topological polar surface area (TPSA) is 60.9 Å². The van der Waals surface area contributed by atoms with Crippen LogP contribution >= 0.6 is 11.6 Å². The molecule has 1 saturated heterocycles. The van der Waals surface area contributed by atoms with Gasteiger partial charge in [-0.15, -0.1) is 0 Å². The fourth-order valence-corrected chi connectivity index (χ4v) is 2.47. The second-order valence-electron chi connectivity index (χ2n) is 4.78. The molecule has 1 aliphatic rings. The Kier molecular flexibility index (Phi) is 2.83. The molecule has 1 N–H and O–H groups in total. The van der Waals surface area contributed by atoms with Crippen molar-refractivity contribution < 1.29 is 0 Å². The predicted octanol–water partition coefficient (Wildman–Crippen LogP) is 1.15. The average molecular weight is 267 g/mol. The molecule has 1 aliphatic heterocycles. The maximum absolute atomic E-state index is 6.01. The number of nitrogens with zero attached hydrogens (tertiary/aromatic N) is 5. The van der Waals surface area contributed by atoms with Crippen molar-refractivity contribution in [3.05, 3.63) is 11.5 Å². The van der Waals surface area contributed by atoms with Crippen LogP contribution in [0.5, 0.6) is 0 Å². The average Bonchev–Trinajstić information content (AvgIpc) is 2.95. The number of halogens is 1. The third-order valence-corrected chi connectivity index (χ3v) is 3.71. The molecule has 7 heteroatoms. The number of aromatic nitrogens is 4. The molecule has 96 valence electrons. The van der Waals surface area contributed by atoms with Gasteiger partial charge in [-0.25, -0.2) is 9.97 Å². The maximum atomic E-state index is 6.01. The standard InChI is InChI=1S/C11H15ClN6/c1-17(2)7-3-4-18(5-7)11-15-8-9(12)13-6-14-10(8)16-11/h6-7H,3-5H2,1-2H3,(H,13,14,15,16). The van der Waals surface area contributed by atoms with E-state index in [0.29, 0.717) is 22.4 Å². The Labute approximate surface area is 110 Å². The van der Waals surface area contributed by atoms with Crippen LogP contribution in [0.3, 0.4) is 0 Å². The van der Waals surface area contributed by atoms with E-state index in [0.717, 1.165) is 25.5 Å². The van der Waals surface area contributed by atoms with Crippen LogP contribution in [0.15, 0.2) is 6.33 Å².